The number of hydrogen-bond donors (Lipinski definition) is 4. The number of amides is 3. The Hall–Kier alpha value is -4.07. The maximum absolute atomic E-state index is 14.1. The first-order valence-corrected chi connectivity index (χ1v) is 11.2. The van der Waals surface area contributed by atoms with Crippen LogP contribution in [0.15, 0.2) is 53.0 Å². The molecular weight excluding hydrogens is 586 g/mol. The molecule has 204 valence electrons. The molecule has 0 radical (unpaired) electrons. The molecule has 0 saturated carbocycles. The Morgan fingerprint density at radius 3 is 1.79 bits per heavy atom. The number of alkyl halides is 3. The molecule has 0 fully saturated rings. The van der Waals surface area contributed by atoms with Crippen LogP contribution in [0.2, 0.25) is 0 Å². The van der Waals surface area contributed by atoms with E-state index in [0.29, 0.717) is 11.8 Å². The molecule has 3 aromatic rings. The molecular formula is C24H21BrF6N4O3. The van der Waals surface area contributed by atoms with Crippen LogP contribution < -0.4 is 22.5 Å². The molecule has 0 saturated heterocycles. The maximum Gasteiger partial charge on any atom is 0.419 e. The normalized spacial score (nSPS) is 10.3. The van der Waals surface area contributed by atoms with Gasteiger partial charge in [0.1, 0.15) is 17.5 Å². The lowest BCUT2D eigenvalue weighted by Gasteiger charge is -2.13. The second-order valence-corrected chi connectivity index (χ2v) is 7.75. The minimum absolute atomic E-state index is 0.149. The summed E-state index contributed by atoms with van der Waals surface area (Å²) in [4.78, 5) is 33.7. The number of halogens is 7. The number of primary amides is 2. The number of nitrogens with two attached hydrogens (primary N) is 3. The Balaban J connectivity index is 0.000000463. The van der Waals surface area contributed by atoms with Gasteiger partial charge in [-0.25, -0.2) is 13.2 Å². The summed E-state index contributed by atoms with van der Waals surface area (Å²) in [5.41, 5.74) is 12.0. The average molecular weight is 607 g/mol. The van der Waals surface area contributed by atoms with Crippen molar-refractivity contribution in [1.82, 2.24) is 0 Å². The lowest BCUT2D eigenvalue weighted by Crippen LogP contribution is -2.19. The van der Waals surface area contributed by atoms with Crippen LogP contribution in [0.1, 0.15) is 50.5 Å². The number of rotatable bonds is 4. The Labute approximate surface area is 221 Å². The molecule has 14 heteroatoms. The highest BCUT2D eigenvalue weighted by atomic mass is 79.9. The van der Waals surface area contributed by atoms with E-state index < -0.39 is 58.0 Å². The third-order valence-electron chi connectivity index (χ3n) is 4.37. The second-order valence-electron chi connectivity index (χ2n) is 6.90. The van der Waals surface area contributed by atoms with Crippen LogP contribution >= 0.6 is 15.9 Å². The van der Waals surface area contributed by atoms with Gasteiger partial charge in [-0.05, 0) is 64.5 Å². The van der Waals surface area contributed by atoms with Crippen molar-refractivity contribution in [3.05, 3.63) is 92.7 Å². The van der Waals surface area contributed by atoms with Gasteiger partial charge < -0.3 is 22.5 Å². The smallest absolute Gasteiger partial charge is 0.399 e. The molecule has 0 aliphatic carbocycles. The number of anilines is 2. The van der Waals surface area contributed by atoms with Gasteiger partial charge in [0.15, 0.2) is 0 Å². The number of benzene rings is 3. The van der Waals surface area contributed by atoms with E-state index in [4.69, 9.17) is 17.2 Å². The monoisotopic (exact) mass is 606 g/mol. The molecule has 0 bridgehead atoms. The molecule has 3 amide bonds. The number of carbonyl (C=O) groups excluding carboxylic acids is 3. The lowest BCUT2D eigenvalue weighted by atomic mass is 10.1. The highest BCUT2D eigenvalue weighted by Crippen LogP contribution is 2.35. The molecule has 7 N–H and O–H groups in total. The first-order chi connectivity index (χ1) is 17.6. The van der Waals surface area contributed by atoms with Gasteiger partial charge in [0.2, 0.25) is 0 Å². The molecule has 7 nitrogen and oxygen atoms in total. The van der Waals surface area contributed by atoms with Crippen LogP contribution in [-0.4, -0.2) is 17.7 Å². The van der Waals surface area contributed by atoms with E-state index in [1.165, 1.54) is 12.1 Å². The van der Waals surface area contributed by atoms with E-state index in [-0.39, 0.29) is 15.7 Å². The summed E-state index contributed by atoms with van der Waals surface area (Å²) in [6, 6.07) is 7.79. The molecule has 3 rings (SSSR count). The van der Waals surface area contributed by atoms with Gasteiger partial charge in [-0.3, -0.25) is 14.4 Å². The fraction of sp³-hybridized carbons (Fsp3) is 0.125. The number of carbonyl (C=O) groups is 3. The third-order valence-corrected chi connectivity index (χ3v) is 5.03. The Morgan fingerprint density at radius 2 is 1.32 bits per heavy atom. The molecule has 0 unspecified atom stereocenters. The van der Waals surface area contributed by atoms with Crippen molar-refractivity contribution < 1.29 is 40.7 Å². The van der Waals surface area contributed by atoms with Crippen molar-refractivity contribution in [3.63, 3.8) is 0 Å². The van der Waals surface area contributed by atoms with E-state index in [1.54, 1.807) is 0 Å². The van der Waals surface area contributed by atoms with Crippen molar-refractivity contribution in [2.75, 3.05) is 11.1 Å². The topological polar surface area (TPSA) is 141 Å². The molecule has 38 heavy (non-hydrogen) atoms. The summed E-state index contributed by atoms with van der Waals surface area (Å²) in [6.45, 7) is 4.00. The van der Waals surface area contributed by atoms with Crippen molar-refractivity contribution in [1.29, 1.82) is 0 Å². The summed E-state index contributed by atoms with van der Waals surface area (Å²) in [6.07, 6.45) is -4.99. The van der Waals surface area contributed by atoms with Crippen molar-refractivity contribution in [2.45, 2.75) is 20.0 Å². The summed E-state index contributed by atoms with van der Waals surface area (Å²) in [5.74, 6) is -6.51. The molecule has 0 aliphatic heterocycles. The van der Waals surface area contributed by atoms with Gasteiger partial charge in [0, 0.05) is 15.8 Å². The van der Waals surface area contributed by atoms with Crippen LogP contribution in [0, 0.1) is 17.5 Å². The standard InChI is InChI=1S/C15H8BrF5N2O2.C7H7FN2O.C2H6/c16-9-3-2-8(15(19,20)21)12(18)11(9)14(25)23-6-1-4-10(17)7(5-6)13(22)24;8-6-2-1-4(9)3-5(6)7(10)11;1-2/h1-5H,(H2,22,24)(H,23,25);1-3H,9H2,(H2,10,11);1-2H3. The zero-order valence-electron chi connectivity index (χ0n) is 19.7. The van der Waals surface area contributed by atoms with E-state index in [1.807, 2.05) is 13.8 Å². The number of hydrogen-bond acceptors (Lipinski definition) is 4. The quantitative estimate of drug-likeness (QED) is 0.225. The largest absolute Gasteiger partial charge is 0.419 e. The highest BCUT2D eigenvalue weighted by molar-refractivity contribution is 9.10. The number of nitrogens with one attached hydrogen (secondary N) is 1. The van der Waals surface area contributed by atoms with E-state index >= 15 is 0 Å². The summed E-state index contributed by atoms with van der Waals surface area (Å²) < 4.78 is 78.2. The molecule has 0 spiro atoms. The molecule has 3 aromatic carbocycles. The predicted molar refractivity (Wildman–Crippen MR) is 133 cm³/mol. The maximum atomic E-state index is 14.1. The minimum atomic E-state index is -4.99. The minimum Gasteiger partial charge on any atom is -0.399 e. The van der Waals surface area contributed by atoms with Crippen LogP contribution in [0.5, 0.6) is 0 Å². The van der Waals surface area contributed by atoms with Gasteiger partial charge in [0.25, 0.3) is 17.7 Å². The second kappa shape index (κ2) is 13.5. The SMILES string of the molecule is CC.NC(=O)c1cc(N)ccc1F.NC(=O)c1cc(NC(=O)c2c(Br)ccc(C(F)(F)F)c2F)ccc1F. The van der Waals surface area contributed by atoms with Gasteiger partial charge in [-0.1, -0.05) is 13.8 Å². The molecule has 0 aliphatic rings. The summed E-state index contributed by atoms with van der Waals surface area (Å²) in [7, 11) is 0. The van der Waals surface area contributed by atoms with Gasteiger partial charge >= 0.3 is 6.18 Å². The van der Waals surface area contributed by atoms with E-state index in [2.05, 4.69) is 21.2 Å². The predicted octanol–water partition coefficient (Wildman–Crippen LogP) is 5.63. The van der Waals surface area contributed by atoms with Gasteiger partial charge in [-0.15, -0.1) is 0 Å². The molecule has 0 heterocycles. The zero-order chi connectivity index (χ0) is 29.4. The number of nitrogen functional groups attached to an aromatic ring is 1. The van der Waals surface area contributed by atoms with Crippen molar-refractivity contribution in [2.24, 2.45) is 11.5 Å². The van der Waals surface area contributed by atoms with Crippen LogP contribution in [0.25, 0.3) is 0 Å². The summed E-state index contributed by atoms with van der Waals surface area (Å²) in [5, 5.41) is 2.09. The van der Waals surface area contributed by atoms with Gasteiger partial charge in [-0.2, -0.15) is 13.2 Å². The first kappa shape index (κ1) is 32.0. The molecule has 0 aromatic heterocycles. The van der Waals surface area contributed by atoms with Crippen LogP contribution in [0.4, 0.5) is 37.7 Å². The Morgan fingerprint density at radius 1 is 0.816 bits per heavy atom. The van der Waals surface area contributed by atoms with Crippen LogP contribution in [0.3, 0.4) is 0 Å². The highest BCUT2D eigenvalue weighted by Gasteiger charge is 2.36. The summed E-state index contributed by atoms with van der Waals surface area (Å²) >= 11 is 2.81. The Bertz CT molecular complexity index is 1350. The lowest BCUT2D eigenvalue weighted by molar-refractivity contribution is -0.140. The fourth-order valence-corrected chi connectivity index (χ4v) is 3.18. The van der Waals surface area contributed by atoms with Crippen molar-refractivity contribution in [3.8, 4) is 0 Å². The van der Waals surface area contributed by atoms with Gasteiger partial charge in [0.05, 0.1) is 22.3 Å². The zero-order valence-corrected chi connectivity index (χ0v) is 21.3. The van der Waals surface area contributed by atoms with E-state index in [9.17, 15) is 40.7 Å². The van der Waals surface area contributed by atoms with Crippen LogP contribution in [-0.2, 0) is 6.18 Å². The average Bonchev–Trinajstić information content (AvgIpc) is 2.82. The van der Waals surface area contributed by atoms with Crippen molar-refractivity contribution >= 4 is 45.0 Å². The van der Waals surface area contributed by atoms with E-state index in [0.717, 1.165) is 30.3 Å². The first-order valence-electron chi connectivity index (χ1n) is 10.4. The fourth-order valence-electron chi connectivity index (χ4n) is 2.70. The third kappa shape index (κ3) is 8.23. The Kier molecular flexibility index (Phi) is 11.3. The molecule has 0 atom stereocenters.